The Morgan fingerprint density at radius 3 is 2.35 bits per heavy atom. The number of benzene rings is 3. The predicted octanol–water partition coefficient (Wildman–Crippen LogP) is 4.93. The highest BCUT2D eigenvalue weighted by molar-refractivity contribution is 6.24. The summed E-state index contributed by atoms with van der Waals surface area (Å²) < 4.78 is 17.1. The van der Waals surface area contributed by atoms with Crippen molar-refractivity contribution in [1.29, 1.82) is 0 Å². The lowest BCUT2D eigenvalue weighted by Crippen LogP contribution is -2.37. The molecular weight excluding hydrogens is 472 g/mol. The largest absolute Gasteiger partial charge is 0.497 e. The lowest BCUT2D eigenvalue weighted by Gasteiger charge is -2.29. The summed E-state index contributed by atoms with van der Waals surface area (Å²) in [7, 11) is 1.54. The standard InChI is InChI=1S/C29H30N2O6/c1-4-16-36-23-15-14-19(17-24(23)35-5-2)26-25-27(37-31(26)20-10-7-6-8-11-20)29(33)30(28(25)32)21-12-9-13-22(18-21)34-3/h6-15,17-18,25-27H,4-5,16H2,1-3H3/t25-,26+,27-/m0/s1. The minimum atomic E-state index is -0.963. The van der Waals surface area contributed by atoms with Gasteiger partial charge in [-0.3, -0.25) is 14.4 Å². The molecule has 192 valence electrons. The molecule has 0 saturated carbocycles. The molecule has 2 aliphatic heterocycles. The van der Waals surface area contributed by atoms with Gasteiger partial charge in [-0.2, -0.15) is 0 Å². The van der Waals surface area contributed by atoms with E-state index in [2.05, 4.69) is 0 Å². The molecule has 3 aromatic carbocycles. The maximum atomic E-state index is 13.9. The van der Waals surface area contributed by atoms with E-state index < -0.39 is 24.0 Å². The number of carbonyl (C=O) groups excluding carboxylic acids is 2. The summed E-state index contributed by atoms with van der Waals surface area (Å²) in [4.78, 5) is 34.9. The van der Waals surface area contributed by atoms with E-state index in [1.54, 1.807) is 36.4 Å². The number of hydroxylamine groups is 1. The SMILES string of the molecule is CCCOc1ccc([C@@H]2[C@@H]3C(=O)N(c4cccc(OC)c4)C(=O)[C@H]3ON2c2ccccc2)cc1OCC. The second-order valence-electron chi connectivity index (χ2n) is 8.86. The molecule has 2 saturated heterocycles. The van der Waals surface area contributed by atoms with Crippen LogP contribution in [0.4, 0.5) is 11.4 Å². The molecule has 8 nitrogen and oxygen atoms in total. The highest BCUT2D eigenvalue weighted by Crippen LogP contribution is 2.49. The summed E-state index contributed by atoms with van der Waals surface area (Å²) in [5.41, 5.74) is 1.99. The second-order valence-corrected chi connectivity index (χ2v) is 8.86. The van der Waals surface area contributed by atoms with Crippen LogP contribution in [0.1, 0.15) is 31.9 Å². The molecule has 2 aliphatic rings. The van der Waals surface area contributed by atoms with E-state index in [4.69, 9.17) is 19.0 Å². The summed E-state index contributed by atoms with van der Waals surface area (Å²) in [5.74, 6) is 0.307. The fraction of sp³-hybridized carbons (Fsp3) is 0.310. The smallest absolute Gasteiger partial charge is 0.266 e. The molecular formula is C29H30N2O6. The number of ether oxygens (including phenoxy) is 3. The van der Waals surface area contributed by atoms with E-state index >= 15 is 0 Å². The number of rotatable bonds is 9. The van der Waals surface area contributed by atoms with Crippen molar-refractivity contribution in [2.45, 2.75) is 32.4 Å². The molecule has 0 bridgehead atoms. The molecule has 37 heavy (non-hydrogen) atoms. The third kappa shape index (κ3) is 4.49. The van der Waals surface area contributed by atoms with Crippen LogP contribution in [0.15, 0.2) is 72.8 Å². The van der Waals surface area contributed by atoms with Crippen molar-refractivity contribution in [3.05, 3.63) is 78.4 Å². The van der Waals surface area contributed by atoms with Crippen molar-refractivity contribution in [3.8, 4) is 17.2 Å². The first-order chi connectivity index (χ1) is 18.1. The first kappa shape index (κ1) is 24.6. The lowest BCUT2D eigenvalue weighted by molar-refractivity contribution is -0.126. The van der Waals surface area contributed by atoms with Gasteiger partial charge in [0.1, 0.15) is 11.7 Å². The van der Waals surface area contributed by atoms with Gasteiger partial charge in [-0.1, -0.05) is 37.3 Å². The van der Waals surface area contributed by atoms with Crippen LogP contribution in [-0.4, -0.2) is 38.2 Å². The Kier molecular flexibility index (Phi) is 7.01. The zero-order valence-electron chi connectivity index (χ0n) is 21.1. The van der Waals surface area contributed by atoms with Crippen molar-refractivity contribution in [1.82, 2.24) is 0 Å². The Morgan fingerprint density at radius 2 is 1.62 bits per heavy atom. The highest BCUT2D eigenvalue weighted by Gasteiger charge is 2.60. The summed E-state index contributed by atoms with van der Waals surface area (Å²) in [6, 6.07) is 21.5. The average Bonchev–Trinajstić information content (AvgIpc) is 3.44. The van der Waals surface area contributed by atoms with E-state index in [-0.39, 0.29) is 5.91 Å². The Balaban J connectivity index is 1.57. The van der Waals surface area contributed by atoms with Crippen LogP contribution in [0.5, 0.6) is 17.2 Å². The number of anilines is 2. The van der Waals surface area contributed by atoms with Gasteiger partial charge in [-0.05, 0) is 55.3 Å². The fourth-order valence-corrected chi connectivity index (χ4v) is 4.86. The Hall–Kier alpha value is -4.04. The van der Waals surface area contributed by atoms with Gasteiger partial charge in [-0.25, -0.2) is 9.96 Å². The van der Waals surface area contributed by atoms with Crippen molar-refractivity contribution in [2.24, 2.45) is 5.92 Å². The minimum absolute atomic E-state index is 0.323. The Bertz CT molecular complexity index is 1280. The van der Waals surface area contributed by atoms with Gasteiger partial charge >= 0.3 is 0 Å². The Labute approximate surface area is 216 Å². The number of nitrogens with zero attached hydrogens (tertiary/aromatic N) is 2. The van der Waals surface area contributed by atoms with Crippen molar-refractivity contribution in [3.63, 3.8) is 0 Å². The fourth-order valence-electron chi connectivity index (χ4n) is 4.86. The summed E-state index contributed by atoms with van der Waals surface area (Å²) in [6.07, 6.45) is -0.0954. The van der Waals surface area contributed by atoms with E-state index in [1.165, 1.54) is 4.90 Å². The summed E-state index contributed by atoms with van der Waals surface area (Å²) >= 11 is 0. The van der Waals surface area contributed by atoms with Crippen LogP contribution in [0, 0.1) is 5.92 Å². The number of para-hydroxylation sites is 1. The molecule has 5 rings (SSSR count). The molecule has 0 radical (unpaired) electrons. The van der Waals surface area contributed by atoms with Gasteiger partial charge in [0.25, 0.3) is 5.91 Å². The number of carbonyl (C=O) groups is 2. The predicted molar refractivity (Wildman–Crippen MR) is 139 cm³/mol. The van der Waals surface area contributed by atoms with Gasteiger partial charge in [0.05, 0.1) is 37.7 Å². The highest BCUT2D eigenvalue weighted by atomic mass is 16.7. The first-order valence-electron chi connectivity index (χ1n) is 12.5. The zero-order valence-corrected chi connectivity index (χ0v) is 21.1. The van der Waals surface area contributed by atoms with Crippen LogP contribution in [0.25, 0.3) is 0 Å². The maximum Gasteiger partial charge on any atom is 0.266 e. The van der Waals surface area contributed by atoms with E-state index in [0.29, 0.717) is 36.1 Å². The van der Waals surface area contributed by atoms with E-state index in [1.807, 2.05) is 62.4 Å². The van der Waals surface area contributed by atoms with Crippen LogP contribution in [0.2, 0.25) is 0 Å². The number of hydrogen-bond donors (Lipinski definition) is 0. The third-order valence-corrected chi connectivity index (χ3v) is 6.51. The minimum Gasteiger partial charge on any atom is -0.497 e. The molecule has 0 unspecified atom stereocenters. The van der Waals surface area contributed by atoms with Gasteiger partial charge in [0, 0.05) is 6.07 Å². The molecule has 2 heterocycles. The van der Waals surface area contributed by atoms with Crippen molar-refractivity contribution < 1.29 is 28.6 Å². The summed E-state index contributed by atoms with van der Waals surface area (Å²) in [5, 5.41) is 1.67. The second kappa shape index (κ2) is 10.5. The number of amides is 2. The summed E-state index contributed by atoms with van der Waals surface area (Å²) in [6.45, 7) is 4.98. The molecule has 8 heteroatoms. The van der Waals surface area contributed by atoms with Crippen LogP contribution in [-0.2, 0) is 14.4 Å². The molecule has 0 aliphatic carbocycles. The normalized spacial score (nSPS) is 20.8. The number of imide groups is 1. The first-order valence-corrected chi connectivity index (χ1v) is 12.5. The van der Waals surface area contributed by atoms with E-state index in [9.17, 15) is 9.59 Å². The van der Waals surface area contributed by atoms with Gasteiger partial charge in [0.2, 0.25) is 5.91 Å². The lowest BCUT2D eigenvalue weighted by atomic mass is 9.90. The van der Waals surface area contributed by atoms with Crippen LogP contribution < -0.4 is 24.2 Å². The van der Waals surface area contributed by atoms with Crippen molar-refractivity contribution in [2.75, 3.05) is 30.3 Å². The third-order valence-electron chi connectivity index (χ3n) is 6.51. The Morgan fingerprint density at radius 1 is 0.838 bits per heavy atom. The molecule has 0 N–H and O–H groups in total. The molecule has 2 fully saturated rings. The molecule has 3 atom stereocenters. The van der Waals surface area contributed by atoms with Gasteiger partial charge in [0.15, 0.2) is 17.6 Å². The quantitative estimate of drug-likeness (QED) is 0.384. The van der Waals surface area contributed by atoms with Gasteiger partial charge in [-0.15, -0.1) is 0 Å². The van der Waals surface area contributed by atoms with Crippen molar-refractivity contribution >= 4 is 23.2 Å². The average molecular weight is 503 g/mol. The van der Waals surface area contributed by atoms with Crippen LogP contribution in [0.3, 0.4) is 0 Å². The number of methoxy groups -OCH3 is 1. The number of fused-ring (bicyclic) bond motifs is 1. The van der Waals surface area contributed by atoms with Gasteiger partial charge < -0.3 is 14.2 Å². The van der Waals surface area contributed by atoms with E-state index in [0.717, 1.165) is 17.7 Å². The zero-order chi connectivity index (χ0) is 25.9. The molecule has 2 amide bonds. The number of hydrogen-bond acceptors (Lipinski definition) is 7. The molecule has 0 aromatic heterocycles. The topological polar surface area (TPSA) is 77.5 Å². The van der Waals surface area contributed by atoms with Crippen LogP contribution >= 0.6 is 0 Å². The molecule has 3 aromatic rings. The monoisotopic (exact) mass is 502 g/mol. The molecule has 0 spiro atoms. The maximum absolute atomic E-state index is 13.9.